The minimum Gasteiger partial charge on any atom is -0.459 e. The van der Waals surface area contributed by atoms with Crippen LogP contribution in [0.25, 0.3) is 11.0 Å². The van der Waals surface area contributed by atoms with Crippen LogP contribution in [0.15, 0.2) is 27.1 Å². The first kappa shape index (κ1) is 10.6. The van der Waals surface area contributed by atoms with Crippen LogP contribution in [0.3, 0.4) is 0 Å². The summed E-state index contributed by atoms with van der Waals surface area (Å²) < 4.78 is 18.8. The van der Waals surface area contributed by atoms with Crippen molar-refractivity contribution in [3.05, 3.63) is 34.2 Å². The first-order chi connectivity index (χ1) is 7.11. The smallest absolute Gasteiger partial charge is 0.141 e. The van der Waals surface area contributed by atoms with E-state index in [1.165, 1.54) is 6.07 Å². The van der Waals surface area contributed by atoms with Crippen LogP contribution in [-0.4, -0.2) is 11.7 Å². The molecule has 0 fully saturated rings. The van der Waals surface area contributed by atoms with Gasteiger partial charge >= 0.3 is 0 Å². The predicted octanol–water partition coefficient (Wildman–Crippen LogP) is 2.33. The van der Waals surface area contributed by atoms with E-state index in [0.717, 1.165) is 5.39 Å². The number of furan rings is 1. The molecule has 0 amide bonds. The summed E-state index contributed by atoms with van der Waals surface area (Å²) in [6.07, 6.45) is 0. The molecule has 1 heterocycles. The van der Waals surface area contributed by atoms with E-state index in [1.54, 1.807) is 12.1 Å². The number of hydrogen-bond acceptors (Lipinski definition) is 3. The molecule has 3 nitrogen and oxygen atoms in total. The summed E-state index contributed by atoms with van der Waals surface area (Å²) in [6.45, 7) is -0.205. The van der Waals surface area contributed by atoms with Gasteiger partial charge in [0.25, 0.3) is 0 Å². The third-order valence-corrected chi connectivity index (χ3v) is 2.75. The maximum atomic E-state index is 13.2. The van der Waals surface area contributed by atoms with Gasteiger partial charge in [0.1, 0.15) is 17.2 Å². The Kier molecular flexibility index (Phi) is 2.77. The summed E-state index contributed by atoms with van der Waals surface area (Å²) in [5.41, 5.74) is 6.01. The summed E-state index contributed by atoms with van der Waals surface area (Å²) in [5, 5.41) is 9.61. The molecule has 15 heavy (non-hydrogen) atoms. The molecule has 0 aliphatic carbocycles. The number of fused-ring (bicyclic) bond motifs is 1. The Labute approximate surface area is 93.8 Å². The average Bonchev–Trinajstić information content (AvgIpc) is 2.60. The first-order valence-corrected chi connectivity index (χ1v) is 5.16. The Balaban J connectivity index is 2.56. The molecule has 1 aromatic carbocycles. The van der Waals surface area contributed by atoms with Crippen LogP contribution in [0.1, 0.15) is 11.8 Å². The Morgan fingerprint density at radius 1 is 1.47 bits per heavy atom. The molecule has 1 atom stereocenters. The number of aliphatic hydroxyl groups excluding tert-OH is 1. The minimum atomic E-state index is -0.570. The molecule has 80 valence electrons. The highest BCUT2D eigenvalue weighted by molar-refractivity contribution is 9.10. The van der Waals surface area contributed by atoms with Crippen molar-refractivity contribution in [2.75, 3.05) is 6.61 Å². The zero-order chi connectivity index (χ0) is 11.0. The first-order valence-electron chi connectivity index (χ1n) is 4.36. The van der Waals surface area contributed by atoms with Crippen LogP contribution < -0.4 is 5.73 Å². The highest BCUT2D eigenvalue weighted by Gasteiger charge is 2.12. The van der Waals surface area contributed by atoms with Crippen molar-refractivity contribution >= 4 is 26.9 Å². The molecule has 5 heteroatoms. The lowest BCUT2D eigenvalue weighted by atomic mass is 10.2. The van der Waals surface area contributed by atoms with E-state index in [9.17, 15) is 4.39 Å². The lowest BCUT2D eigenvalue weighted by Gasteiger charge is -2.01. The lowest BCUT2D eigenvalue weighted by molar-refractivity contribution is 0.254. The van der Waals surface area contributed by atoms with Crippen molar-refractivity contribution in [2.45, 2.75) is 6.04 Å². The monoisotopic (exact) mass is 273 g/mol. The molecular weight excluding hydrogens is 265 g/mol. The zero-order valence-corrected chi connectivity index (χ0v) is 9.29. The Morgan fingerprint density at radius 3 is 2.87 bits per heavy atom. The number of benzene rings is 1. The average molecular weight is 274 g/mol. The van der Waals surface area contributed by atoms with E-state index in [1.807, 2.05) is 0 Å². The second-order valence-electron chi connectivity index (χ2n) is 3.24. The SMILES string of the molecule is NC(CO)c1cc2cc(Br)c(F)cc2o1. The quantitative estimate of drug-likeness (QED) is 0.883. The van der Waals surface area contributed by atoms with Crippen molar-refractivity contribution in [1.82, 2.24) is 0 Å². The van der Waals surface area contributed by atoms with E-state index in [4.69, 9.17) is 15.3 Å². The fourth-order valence-corrected chi connectivity index (χ4v) is 1.69. The van der Waals surface area contributed by atoms with Gasteiger partial charge in [-0.1, -0.05) is 0 Å². The number of nitrogens with two attached hydrogens (primary N) is 1. The molecular formula is C10H9BrFNO2. The highest BCUT2D eigenvalue weighted by atomic mass is 79.9. The normalized spacial score (nSPS) is 13.3. The van der Waals surface area contributed by atoms with Crippen molar-refractivity contribution in [3.8, 4) is 0 Å². The van der Waals surface area contributed by atoms with E-state index < -0.39 is 6.04 Å². The lowest BCUT2D eigenvalue weighted by Crippen LogP contribution is -2.13. The summed E-state index contributed by atoms with van der Waals surface area (Å²) >= 11 is 3.08. The maximum Gasteiger partial charge on any atom is 0.141 e. The molecule has 3 N–H and O–H groups in total. The van der Waals surface area contributed by atoms with Crippen molar-refractivity contribution in [1.29, 1.82) is 0 Å². The number of aliphatic hydroxyl groups is 1. The standard InChI is InChI=1S/C10H9BrFNO2/c11-6-1-5-2-10(8(13)4-14)15-9(5)3-7(6)12/h1-3,8,14H,4,13H2. The molecule has 0 aliphatic heterocycles. The molecule has 2 aromatic rings. The number of rotatable bonds is 2. The molecule has 0 bridgehead atoms. The topological polar surface area (TPSA) is 59.4 Å². The van der Waals surface area contributed by atoms with Gasteiger partial charge < -0.3 is 15.3 Å². The highest BCUT2D eigenvalue weighted by Crippen LogP contribution is 2.27. The summed E-state index contributed by atoms with van der Waals surface area (Å²) in [7, 11) is 0. The number of hydrogen-bond donors (Lipinski definition) is 2. The van der Waals surface area contributed by atoms with Crippen LogP contribution >= 0.6 is 15.9 Å². The van der Waals surface area contributed by atoms with Gasteiger partial charge in [-0.15, -0.1) is 0 Å². The van der Waals surface area contributed by atoms with E-state index in [0.29, 0.717) is 15.8 Å². The predicted molar refractivity (Wildman–Crippen MR) is 57.9 cm³/mol. The molecule has 0 saturated heterocycles. The molecule has 0 saturated carbocycles. The van der Waals surface area contributed by atoms with Gasteiger partial charge in [0.05, 0.1) is 17.1 Å². The van der Waals surface area contributed by atoms with E-state index in [2.05, 4.69) is 15.9 Å². The summed E-state index contributed by atoms with van der Waals surface area (Å²) in [4.78, 5) is 0. The second kappa shape index (κ2) is 3.92. The van der Waals surface area contributed by atoms with Gasteiger partial charge in [-0.3, -0.25) is 0 Å². The molecule has 1 unspecified atom stereocenters. The van der Waals surface area contributed by atoms with Gasteiger partial charge in [-0.25, -0.2) is 4.39 Å². The van der Waals surface area contributed by atoms with Crippen LogP contribution in [0.4, 0.5) is 4.39 Å². The van der Waals surface area contributed by atoms with Gasteiger partial charge in [0, 0.05) is 11.5 Å². The van der Waals surface area contributed by atoms with Crippen molar-refractivity contribution < 1.29 is 13.9 Å². The van der Waals surface area contributed by atoms with Crippen LogP contribution in [-0.2, 0) is 0 Å². The number of halogens is 2. The Hall–Kier alpha value is -0.910. The Morgan fingerprint density at radius 2 is 2.20 bits per heavy atom. The molecule has 0 radical (unpaired) electrons. The maximum absolute atomic E-state index is 13.2. The molecule has 2 rings (SSSR count). The summed E-state index contributed by atoms with van der Waals surface area (Å²) in [5.74, 6) is 0.0611. The molecule has 0 aliphatic rings. The van der Waals surface area contributed by atoms with Gasteiger partial charge in [-0.05, 0) is 28.1 Å². The van der Waals surface area contributed by atoms with Crippen LogP contribution in [0.5, 0.6) is 0 Å². The van der Waals surface area contributed by atoms with Crippen LogP contribution in [0.2, 0.25) is 0 Å². The summed E-state index contributed by atoms with van der Waals surface area (Å²) in [6, 6.07) is 4.02. The van der Waals surface area contributed by atoms with E-state index in [-0.39, 0.29) is 12.4 Å². The Bertz CT molecular complexity index is 458. The van der Waals surface area contributed by atoms with Crippen molar-refractivity contribution in [3.63, 3.8) is 0 Å². The second-order valence-corrected chi connectivity index (χ2v) is 4.10. The fraction of sp³-hybridized carbons (Fsp3) is 0.200. The largest absolute Gasteiger partial charge is 0.459 e. The van der Waals surface area contributed by atoms with E-state index >= 15 is 0 Å². The third kappa shape index (κ3) is 1.90. The molecule has 0 spiro atoms. The zero-order valence-electron chi connectivity index (χ0n) is 7.71. The van der Waals surface area contributed by atoms with Crippen LogP contribution in [0, 0.1) is 5.82 Å². The molecule has 1 aromatic heterocycles. The third-order valence-electron chi connectivity index (χ3n) is 2.14. The van der Waals surface area contributed by atoms with Gasteiger partial charge in [0.15, 0.2) is 0 Å². The van der Waals surface area contributed by atoms with Gasteiger partial charge in [-0.2, -0.15) is 0 Å². The minimum absolute atomic E-state index is 0.205. The van der Waals surface area contributed by atoms with Crippen molar-refractivity contribution in [2.24, 2.45) is 5.73 Å². The van der Waals surface area contributed by atoms with Gasteiger partial charge in [0.2, 0.25) is 0 Å². The fourth-order valence-electron chi connectivity index (χ4n) is 1.33.